The molecule has 152 valence electrons. The Morgan fingerprint density at radius 3 is 2.66 bits per heavy atom. The first-order valence-electron chi connectivity index (χ1n) is 9.81. The number of H-pyrrole nitrogens is 1. The largest absolute Gasteiger partial charge is 0.496 e. The number of aromatic amines is 1. The van der Waals surface area contributed by atoms with Gasteiger partial charge >= 0.3 is 5.69 Å². The summed E-state index contributed by atoms with van der Waals surface area (Å²) in [4.78, 5) is 27.9. The molecule has 1 fully saturated rings. The average molecular weight is 397 g/mol. The number of nitrogens with zero attached hydrogens (tertiary/aromatic N) is 1. The monoisotopic (exact) mass is 397 g/mol. The molecule has 0 atom stereocenters. The lowest BCUT2D eigenvalue weighted by atomic mass is 9.85. The van der Waals surface area contributed by atoms with E-state index in [2.05, 4.69) is 10.3 Å². The maximum atomic E-state index is 13.7. The quantitative estimate of drug-likeness (QED) is 0.694. The van der Waals surface area contributed by atoms with Crippen LogP contribution in [0.1, 0.15) is 37.3 Å². The third-order valence-corrected chi connectivity index (χ3v) is 5.79. The van der Waals surface area contributed by atoms with Crippen LogP contribution in [0.25, 0.3) is 11.0 Å². The van der Waals surface area contributed by atoms with E-state index in [4.69, 9.17) is 4.74 Å². The molecule has 0 bridgehead atoms. The average Bonchev–Trinajstić information content (AvgIpc) is 3.04. The molecular weight excluding hydrogens is 373 g/mol. The number of aryl methyl sites for hydroxylation is 1. The van der Waals surface area contributed by atoms with Gasteiger partial charge in [-0.2, -0.15) is 0 Å². The van der Waals surface area contributed by atoms with Crippen molar-refractivity contribution in [3.05, 3.63) is 58.3 Å². The highest BCUT2D eigenvalue weighted by molar-refractivity contribution is 5.92. The summed E-state index contributed by atoms with van der Waals surface area (Å²) in [6, 6.07) is 9.86. The Bertz CT molecular complexity index is 1110. The highest BCUT2D eigenvalue weighted by atomic mass is 19.1. The number of anilines is 1. The van der Waals surface area contributed by atoms with E-state index in [0.29, 0.717) is 42.4 Å². The number of hydrogen-bond acceptors (Lipinski definition) is 3. The molecule has 0 saturated heterocycles. The zero-order chi connectivity index (χ0) is 20.5. The molecule has 1 aliphatic rings. The SMILES string of the molecule is COc1cc(NC(=O)C2CCC(n3c(=O)[nH]c4ccc(F)cc43)CC2)ccc1C. The minimum Gasteiger partial charge on any atom is -0.496 e. The summed E-state index contributed by atoms with van der Waals surface area (Å²) in [6.45, 7) is 1.95. The molecule has 4 rings (SSSR count). The number of imidazole rings is 1. The predicted octanol–water partition coefficient (Wildman–Crippen LogP) is 4.16. The summed E-state index contributed by atoms with van der Waals surface area (Å²) in [6.07, 6.45) is 2.74. The van der Waals surface area contributed by atoms with Crippen LogP contribution in [0.3, 0.4) is 0 Å². The number of benzene rings is 2. The van der Waals surface area contributed by atoms with E-state index in [1.807, 2.05) is 25.1 Å². The normalized spacial score (nSPS) is 19.3. The third-order valence-electron chi connectivity index (χ3n) is 5.79. The molecular formula is C22H24FN3O3. The maximum Gasteiger partial charge on any atom is 0.326 e. The Balaban J connectivity index is 1.45. The van der Waals surface area contributed by atoms with Crippen molar-refractivity contribution < 1.29 is 13.9 Å². The van der Waals surface area contributed by atoms with Crippen LogP contribution < -0.4 is 15.7 Å². The molecule has 1 amide bonds. The first kappa shape index (κ1) is 19.2. The highest BCUT2D eigenvalue weighted by Crippen LogP contribution is 2.34. The Morgan fingerprint density at radius 2 is 1.93 bits per heavy atom. The molecule has 1 saturated carbocycles. The number of amides is 1. The van der Waals surface area contributed by atoms with Gasteiger partial charge in [0, 0.05) is 23.7 Å². The Labute approximate surface area is 167 Å². The van der Waals surface area contributed by atoms with Crippen LogP contribution in [0.2, 0.25) is 0 Å². The molecule has 29 heavy (non-hydrogen) atoms. The summed E-state index contributed by atoms with van der Waals surface area (Å²) in [5.41, 5.74) is 2.69. The van der Waals surface area contributed by atoms with Crippen LogP contribution in [0.5, 0.6) is 5.75 Å². The van der Waals surface area contributed by atoms with E-state index in [9.17, 15) is 14.0 Å². The van der Waals surface area contributed by atoms with Gasteiger partial charge in [0.05, 0.1) is 18.1 Å². The van der Waals surface area contributed by atoms with Gasteiger partial charge in [-0.3, -0.25) is 9.36 Å². The molecule has 1 aliphatic carbocycles. The van der Waals surface area contributed by atoms with Crippen LogP contribution in [0.15, 0.2) is 41.2 Å². The van der Waals surface area contributed by atoms with Crippen molar-refractivity contribution in [2.24, 2.45) is 5.92 Å². The number of fused-ring (bicyclic) bond motifs is 1. The lowest BCUT2D eigenvalue weighted by Gasteiger charge is -2.28. The van der Waals surface area contributed by atoms with Gasteiger partial charge in [-0.15, -0.1) is 0 Å². The van der Waals surface area contributed by atoms with E-state index in [1.165, 1.54) is 12.1 Å². The minimum atomic E-state index is -0.369. The van der Waals surface area contributed by atoms with Gasteiger partial charge in [0.1, 0.15) is 11.6 Å². The van der Waals surface area contributed by atoms with Gasteiger partial charge in [-0.05, 0) is 62.4 Å². The molecule has 0 radical (unpaired) electrons. The predicted molar refractivity (Wildman–Crippen MR) is 110 cm³/mol. The second kappa shape index (κ2) is 7.73. The molecule has 6 nitrogen and oxygen atoms in total. The van der Waals surface area contributed by atoms with Gasteiger partial charge in [0.25, 0.3) is 0 Å². The van der Waals surface area contributed by atoms with Crippen LogP contribution in [-0.4, -0.2) is 22.6 Å². The van der Waals surface area contributed by atoms with Crippen molar-refractivity contribution in [1.29, 1.82) is 0 Å². The van der Waals surface area contributed by atoms with Crippen molar-refractivity contribution in [2.75, 3.05) is 12.4 Å². The number of carbonyl (C=O) groups is 1. The highest BCUT2D eigenvalue weighted by Gasteiger charge is 2.29. The fraction of sp³-hybridized carbons (Fsp3) is 0.364. The van der Waals surface area contributed by atoms with E-state index in [1.54, 1.807) is 17.7 Å². The lowest BCUT2D eigenvalue weighted by Crippen LogP contribution is -2.31. The molecule has 0 aliphatic heterocycles. The number of nitrogens with one attached hydrogen (secondary N) is 2. The van der Waals surface area contributed by atoms with E-state index in [-0.39, 0.29) is 29.4 Å². The number of methoxy groups -OCH3 is 1. The minimum absolute atomic E-state index is 0.0216. The lowest BCUT2D eigenvalue weighted by molar-refractivity contribution is -0.121. The first-order valence-corrected chi connectivity index (χ1v) is 9.81. The summed E-state index contributed by atoms with van der Waals surface area (Å²) in [7, 11) is 1.60. The fourth-order valence-electron chi connectivity index (χ4n) is 4.20. The number of ether oxygens (including phenoxy) is 1. The van der Waals surface area contributed by atoms with E-state index < -0.39 is 0 Å². The topological polar surface area (TPSA) is 76.1 Å². The van der Waals surface area contributed by atoms with E-state index >= 15 is 0 Å². The molecule has 0 unspecified atom stereocenters. The fourth-order valence-corrected chi connectivity index (χ4v) is 4.20. The maximum absolute atomic E-state index is 13.7. The summed E-state index contributed by atoms with van der Waals surface area (Å²) in [5, 5.41) is 2.97. The van der Waals surface area contributed by atoms with Crippen LogP contribution in [-0.2, 0) is 4.79 Å². The molecule has 3 aromatic rings. The van der Waals surface area contributed by atoms with Crippen LogP contribution in [0.4, 0.5) is 10.1 Å². The smallest absolute Gasteiger partial charge is 0.326 e. The zero-order valence-electron chi connectivity index (χ0n) is 16.5. The summed E-state index contributed by atoms with van der Waals surface area (Å²) < 4.78 is 20.6. The van der Waals surface area contributed by atoms with E-state index in [0.717, 1.165) is 11.3 Å². The van der Waals surface area contributed by atoms with Gasteiger partial charge in [-0.25, -0.2) is 9.18 Å². The van der Waals surface area contributed by atoms with Gasteiger partial charge < -0.3 is 15.0 Å². The van der Waals surface area contributed by atoms with Crippen molar-refractivity contribution in [1.82, 2.24) is 9.55 Å². The molecule has 1 aromatic heterocycles. The zero-order valence-corrected chi connectivity index (χ0v) is 16.5. The first-order chi connectivity index (χ1) is 14.0. The van der Waals surface area contributed by atoms with Crippen LogP contribution in [0, 0.1) is 18.7 Å². The molecule has 1 heterocycles. The van der Waals surface area contributed by atoms with Crippen LogP contribution >= 0.6 is 0 Å². The number of rotatable bonds is 4. The van der Waals surface area contributed by atoms with Gasteiger partial charge in [0.2, 0.25) is 5.91 Å². The second-order valence-electron chi connectivity index (χ2n) is 7.64. The Morgan fingerprint density at radius 1 is 1.17 bits per heavy atom. The van der Waals surface area contributed by atoms with Gasteiger partial charge in [0.15, 0.2) is 0 Å². The second-order valence-corrected chi connectivity index (χ2v) is 7.64. The third kappa shape index (κ3) is 3.77. The molecule has 2 aromatic carbocycles. The number of aromatic nitrogens is 2. The van der Waals surface area contributed by atoms with Gasteiger partial charge in [-0.1, -0.05) is 6.07 Å². The molecule has 2 N–H and O–H groups in total. The number of halogens is 1. The van der Waals surface area contributed by atoms with Crippen molar-refractivity contribution in [3.63, 3.8) is 0 Å². The van der Waals surface area contributed by atoms with Crippen molar-refractivity contribution in [3.8, 4) is 5.75 Å². The summed E-state index contributed by atoms with van der Waals surface area (Å²) in [5.74, 6) is 0.229. The molecule has 0 spiro atoms. The Kier molecular flexibility index (Phi) is 5.13. The van der Waals surface area contributed by atoms with Crippen molar-refractivity contribution in [2.45, 2.75) is 38.6 Å². The molecule has 7 heteroatoms. The Hall–Kier alpha value is -3.09. The number of carbonyl (C=O) groups excluding carboxylic acids is 1. The standard InChI is InChI=1S/C22H24FN3O3/c1-13-3-7-16(12-20(13)29-2)24-21(27)14-4-8-17(9-5-14)26-19-11-15(23)6-10-18(19)25-22(26)28/h3,6-7,10-12,14,17H,4-5,8-9H2,1-2H3,(H,24,27)(H,25,28). The summed E-state index contributed by atoms with van der Waals surface area (Å²) >= 11 is 0. The number of hydrogen-bond donors (Lipinski definition) is 2. The van der Waals surface area contributed by atoms with Crippen molar-refractivity contribution >= 4 is 22.6 Å².